The molecule has 2 N–H and O–H groups in total. The van der Waals surface area contributed by atoms with E-state index in [1.54, 1.807) is 12.4 Å². The van der Waals surface area contributed by atoms with E-state index in [-0.39, 0.29) is 0 Å². The molecule has 5 heteroatoms. The second-order valence-corrected chi connectivity index (χ2v) is 4.63. The molecule has 0 aliphatic heterocycles. The van der Waals surface area contributed by atoms with Crippen molar-refractivity contribution in [2.24, 2.45) is 0 Å². The molecule has 2 aromatic rings. The summed E-state index contributed by atoms with van der Waals surface area (Å²) in [6.07, 6.45) is 6.07. The number of ether oxygens (including phenoxy) is 1. The number of aromatic nitrogens is 3. The van der Waals surface area contributed by atoms with E-state index < -0.39 is 0 Å². The Kier molecular flexibility index (Phi) is 2.98. The third-order valence-electron chi connectivity index (χ3n) is 2.93. The summed E-state index contributed by atoms with van der Waals surface area (Å²) in [5, 5.41) is 10.4. The van der Waals surface area contributed by atoms with Crippen LogP contribution in [0.15, 0.2) is 24.5 Å². The van der Waals surface area contributed by atoms with Gasteiger partial charge in [0.2, 0.25) is 5.88 Å². The first kappa shape index (κ1) is 11.2. The van der Waals surface area contributed by atoms with Gasteiger partial charge < -0.3 is 10.1 Å². The van der Waals surface area contributed by atoms with Gasteiger partial charge in [0.15, 0.2) is 5.75 Å². The molecule has 2 heterocycles. The van der Waals surface area contributed by atoms with Gasteiger partial charge in [-0.2, -0.15) is 0 Å². The summed E-state index contributed by atoms with van der Waals surface area (Å²) in [5.74, 6) is 1.34. The van der Waals surface area contributed by atoms with Crippen molar-refractivity contribution in [1.82, 2.24) is 20.5 Å². The molecule has 1 fully saturated rings. The number of pyridine rings is 1. The van der Waals surface area contributed by atoms with Crippen molar-refractivity contribution in [1.29, 1.82) is 0 Å². The first-order valence-electron chi connectivity index (χ1n) is 6.17. The lowest BCUT2D eigenvalue weighted by atomic mass is 10.2. The minimum atomic E-state index is 0.577. The molecule has 0 saturated heterocycles. The zero-order chi connectivity index (χ0) is 12.4. The Hall–Kier alpha value is -1.88. The second-order valence-electron chi connectivity index (χ2n) is 4.63. The molecule has 1 saturated carbocycles. The fourth-order valence-corrected chi connectivity index (χ4v) is 1.75. The molecule has 2 aromatic heterocycles. The summed E-state index contributed by atoms with van der Waals surface area (Å²) in [7, 11) is 0. The van der Waals surface area contributed by atoms with Crippen molar-refractivity contribution in [3.05, 3.63) is 35.8 Å². The third-order valence-corrected chi connectivity index (χ3v) is 2.93. The molecule has 1 aliphatic rings. The van der Waals surface area contributed by atoms with E-state index in [0.717, 1.165) is 23.6 Å². The lowest BCUT2D eigenvalue weighted by Crippen LogP contribution is -2.15. The smallest absolute Gasteiger partial charge is 0.238 e. The fourth-order valence-electron chi connectivity index (χ4n) is 1.75. The van der Waals surface area contributed by atoms with Crippen LogP contribution in [0, 0.1) is 6.92 Å². The standard InChI is InChI=1S/C13H16N4O/c1-9-6-13(17-16-9)18-12-8-14-5-4-10(12)7-15-11-2-3-11/h4-6,8,11,15H,2-3,7H2,1H3,(H,16,17). The molecule has 0 radical (unpaired) electrons. The number of H-pyrrole nitrogens is 1. The molecule has 0 unspecified atom stereocenters. The predicted octanol–water partition coefficient (Wildman–Crippen LogP) is 2.16. The zero-order valence-corrected chi connectivity index (χ0v) is 10.3. The van der Waals surface area contributed by atoms with Gasteiger partial charge in [-0.3, -0.25) is 10.1 Å². The average Bonchev–Trinajstić information content (AvgIpc) is 3.12. The van der Waals surface area contributed by atoms with Crippen LogP contribution in [0.4, 0.5) is 0 Å². The Morgan fingerprint density at radius 3 is 3.11 bits per heavy atom. The Bertz CT molecular complexity index is 533. The fraction of sp³-hybridized carbons (Fsp3) is 0.385. The molecule has 3 rings (SSSR count). The first-order valence-corrected chi connectivity index (χ1v) is 6.17. The minimum Gasteiger partial charge on any atom is -0.436 e. The third kappa shape index (κ3) is 2.68. The highest BCUT2D eigenvalue weighted by Crippen LogP contribution is 2.25. The van der Waals surface area contributed by atoms with Gasteiger partial charge in [-0.1, -0.05) is 0 Å². The van der Waals surface area contributed by atoms with E-state index in [2.05, 4.69) is 20.5 Å². The maximum atomic E-state index is 5.74. The molecule has 5 nitrogen and oxygen atoms in total. The maximum absolute atomic E-state index is 5.74. The summed E-state index contributed by atoms with van der Waals surface area (Å²) in [6, 6.07) is 4.52. The zero-order valence-electron chi connectivity index (χ0n) is 10.3. The first-order chi connectivity index (χ1) is 8.81. The van der Waals surface area contributed by atoms with Crippen molar-refractivity contribution in [2.75, 3.05) is 0 Å². The van der Waals surface area contributed by atoms with Crippen LogP contribution in [0.2, 0.25) is 0 Å². The summed E-state index contributed by atoms with van der Waals surface area (Å²) in [5.41, 5.74) is 2.09. The Morgan fingerprint density at radius 1 is 1.50 bits per heavy atom. The summed E-state index contributed by atoms with van der Waals surface area (Å²) < 4.78 is 5.74. The van der Waals surface area contributed by atoms with Gasteiger partial charge >= 0.3 is 0 Å². The molecule has 0 bridgehead atoms. The summed E-state index contributed by atoms with van der Waals surface area (Å²) >= 11 is 0. The number of aryl methyl sites for hydroxylation is 1. The lowest BCUT2D eigenvalue weighted by Gasteiger charge is -2.09. The highest BCUT2D eigenvalue weighted by atomic mass is 16.5. The van der Waals surface area contributed by atoms with Crippen molar-refractivity contribution in [2.45, 2.75) is 32.4 Å². The Labute approximate surface area is 106 Å². The van der Waals surface area contributed by atoms with Crippen molar-refractivity contribution in [3.8, 4) is 11.6 Å². The van der Waals surface area contributed by atoms with E-state index in [9.17, 15) is 0 Å². The van der Waals surface area contributed by atoms with Gasteiger partial charge in [-0.25, -0.2) is 0 Å². The largest absolute Gasteiger partial charge is 0.436 e. The molecule has 1 aliphatic carbocycles. The van der Waals surface area contributed by atoms with E-state index in [1.165, 1.54) is 12.8 Å². The van der Waals surface area contributed by atoms with E-state index >= 15 is 0 Å². The number of rotatable bonds is 5. The van der Waals surface area contributed by atoms with Crippen molar-refractivity contribution < 1.29 is 4.74 Å². The molecule has 18 heavy (non-hydrogen) atoms. The molecular weight excluding hydrogens is 228 g/mol. The Balaban J connectivity index is 1.73. The lowest BCUT2D eigenvalue weighted by molar-refractivity contribution is 0.450. The van der Waals surface area contributed by atoms with Crippen LogP contribution in [0.1, 0.15) is 24.1 Å². The monoisotopic (exact) mass is 244 g/mol. The molecule has 0 atom stereocenters. The van der Waals surface area contributed by atoms with Crippen LogP contribution in [0.5, 0.6) is 11.6 Å². The van der Waals surface area contributed by atoms with Crippen LogP contribution in [-0.4, -0.2) is 21.2 Å². The molecule has 0 spiro atoms. The van der Waals surface area contributed by atoms with Crippen LogP contribution in [0.3, 0.4) is 0 Å². The van der Waals surface area contributed by atoms with Crippen LogP contribution < -0.4 is 10.1 Å². The van der Waals surface area contributed by atoms with E-state index in [1.807, 2.05) is 19.1 Å². The molecule has 94 valence electrons. The average molecular weight is 244 g/mol. The van der Waals surface area contributed by atoms with Crippen molar-refractivity contribution >= 4 is 0 Å². The number of hydrogen-bond donors (Lipinski definition) is 2. The van der Waals surface area contributed by atoms with Gasteiger partial charge in [0.1, 0.15) is 0 Å². The Morgan fingerprint density at radius 2 is 2.39 bits per heavy atom. The van der Waals surface area contributed by atoms with Crippen LogP contribution in [0.25, 0.3) is 0 Å². The SMILES string of the molecule is Cc1cc(Oc2cnccc2CNC2CC2)n[nH]1. The minimum absolute atomic E-state index is 0.577. The van der Waals surface area contributed by atoms with Gasteiger partial charge in [0, 0.05) is 36.1 Å². The quantitative estimate of drug-likeness (QED) is 0.846. The van der Waals surface area contributed by atoms with E-state index in [0.29, 0.717) is 11.9 Å². The van der Waals surface area contributed by atoms with Gasteiger partial charge in [0.25, 0.3) is 0 Å². The van der Waals surface area contributed by atoms with Gasteiger partial charge in [0.05, 0.1) is 6.20 Å². The molecule has 0 amide bonds. The van der Waals surface area contributed by atoms with Gasteiger partial charge in [-0.15, -0.1) is 5.10 Å². The number of nitrogens with one attached hydrogen (secondary N) is 2. The number of aromatic amines is 1. The van der Waals surface area contributed by atoms with Crippen LogP contribution >= 0.6 is 0 Å². The van der Waals surface area contributed by atoms with Gasteiger partial charge in [-0.05, 0) is 25.8 Å². The molecular formula is C13H16N4O. The number of nitrogens with zero attached hydrogens (tertiary/aromatic N) is 2. The normalized spacial score (nSPS) is 14.7. The summed E-state index contributed by atoms with van der Waals surface area (Å²) in [4.78, 5) is 4.10. The molecule has 0 aromatic carbocycles. The topological polar surface area (TPSA) is 62.8 Å². The summed E-state index contributed by atoms with van der Waals surface area (Å²) in [6.45, 7) is 2.75. The number of hydrogen-bond acceptors (Lipinski definition) is 4. The second kappa shape index (κ2) is 4.78. The predicted molar refractivity (Wildman–Crippen MR) is 67.5 cm³/mol. The van der Waals surface area contributed by atoms with E-state index in [4.69, 9.17) is 4.74 Å². The van der Waals surface area contributed by atoms with Crippen LogP contribution in [-0.2, 0) is 6.54 Å². The highest BCUT2D eigenvalue weighted by molar-refractivity contribution is 5.33. The van der Waals surface area contributed by atoms with Crippen molar-refractivity contribution in [3.63, 3.8) is 0 Å². The maximum Gasteiger partial charge on any atom is 0.238 e. The highest BCUT2D eigenvalue weighted by Gasteiger charge is 2.20.